The van der Waals surface area contributed by atoms with E-state index in [1.165, 1.54) is 22.5 Å². The molecule has 0 fully saturated rings. The first-order valence-electron chi connectivity index (χ1n) is 7.36. The van der Waals surface area contributed by atoms with Gasteiger partial charge in [0.05, 0.1) is 10.2 Å². The number of thiazole rings is 1. The van der Waals surface area contributed by atoms with Gasteiger partial charge in [0.25, 0.3) is 5.91 Å². The van der Waals surface area contributed by atoms with Crippen molar-refractivity contribution in [3.8, 4) is 0 Å². The number of anilines is 1. The summed E-state index contributed by atoms with van der Waals surface area (Å²) in [7, 11) is 0. The lowest BCUT2D eigenvalue weighted by Gasteiger charge is -2.21. The Balaban J connectivity index is 1.51. The van der Waals surface area contributed by atoms with Gasteiger partial charge in [-0.2, -0.15) is 0 Å². The maximum Gasteiger partial charge on any atom is 0.284 e. The largest absolute Gasteiger partial charge is 0.332 e. The summed E-state index contributed by atoms with van der Waals surface area (Å²) in [4.78, 5) is 16.9. The number of rotatable bonds is 2. The molecule has 1 aliphatic heterocycles. The Bertz CT molecular complexity index is 810. The second-order valence-corrected chi connectivity index (χ2v) is 6.53. The van der Waals surface area contributed by atoms with Crippen LogP contribution in [0.5, 0.6) is 0 Å². The molecule has 1 aromatic heterocycles. The zero-order valence-corrected chi connectivity index (χ0v) is 12.8. The quantitative estimate of drug-likeness (QED) is 0.760. The molecule has 4 nitrogen and oxygen atoms in total. The van der Waals surface area contributed by atoms with Gasteiger partial charge in [0.1, 0.15) is 6.54 Å². The standard InChI is InChI=1S/C17H15N3OS/c21-16(14-9-11-5-1-2-6-12(11)10-18-14)20-17-19-13-7-3-4-8-15(13)22-17/h1-8,14,18H,9-10H2,(H,19,20,21)/p+1/t14-/m0/s1. The van der Waals surface area contributed by atoms with Crippen LogP contribution in [-0.2, 0) is 17.8 Å². The Morgan fingerprint density at radius 1 is 1.14 bits per heavy atom. The fourth-order valence-corrected chi connectivity index (χ4v) is 3.74. The minimum Gasteiger partial charge on any atom is -0.332 e. The van der Waals surface area contributed by atoms with Crippen LogP contribution in [0, 0.1) is 0 Å². The van der Waals surface area contributed by atoms with Gasteiger partial charge >= 0.3 is 0 Å². The number of quaternary nitrogens is 1. The molecule has 1 atom stereocenters. The average Bonchev–Trinajstić information content (AvgIpc) is 2.96. The minimum absolute atomic E-state index is 0.0357. The van der Waals surface area contributed by atoms with E-state index < -0.39 is 0 Å². The summed E-state index contributed by atoms with van der Waals surface area (Å²) in [5, 5.41) is 5.75. The predicted molar refractivity (Wildman–Crippen MR) is 87.8 cm³/mol. The molecule has 0 radical (unpaired) electrons. The molecule has 4 rings (SSSR count). The first-order valence-corrected chi connectivity index (χ1v) is 8.18. The molecule has 0 aliphatic carbocycles. The molecule has 0 bridgehead atoms. The van der Waals surface area contributed by atoms with Gasteiger partial charge < -0.3 is 5.32 Å². The topological polar surface area (TPSA) is 58.6 Å². The molecule has 0 saturated heterocycles. The van der Waals surface area contributed by atoms with Gasteiger partial charge in [0, 0.05) is 12.0 Å². The molecule has 0 unspecified atom stereocenters. The zero-order valence-electron chi connectivity index (χ0n) is 12.0. The molecule has 1 aliphatic rings. The summed E-state index contributed by atoms with van der Waals surface area (Å²) < 4.78 is 1.09. The SMILES string of the molecule is O=C(Nc1nc2ccccc2s1)[C@@H]1Cc2ccccc2C[NH2+]1. The van der Waals surface area contributed by atoms with E-state index in [1.807, 2.05) is 36.4 Å². The third kappa shape index (κ3) is 2.49. The molecular weight excluding hydrogens is 294 g/mol. The van der Waals surface area contributed by atoms with Gasteiger partial charge in [-0.05, 0) is 17.7 Å². The highest BCUT2D eigenvalue weighted by atomic mass is 32.1. The van der Waals surface area contributed by atoms with Crippen molar-refractivity contribution >= 4 is 32.6 Å². The van der Waals surface area contributed by atoms with Crippen molar-refractivity contribution in [2.24, 2.45) is 0 Å². The summed E-state index contributed by atoms with van der Waals surface area (Å²) in [5.74, 6) is 0.0357. The molecule has 22 heavy (non-hydrogen) atoms. The van der Waals surface area contributed by atoms with Crippen molar-refractivity contribution in [1.82, 2.24) is 4.98 Å². The van der Waals surface area contributed by atoms with Crippen LogP contribution in [0.2, 0.25) is 0 Å². The van der Waals surface area contributed by atoms with Gasteiger partial charge in [-0.25, -0.2) is 4.98 Å². The number of nitrogens with two attached hydrogens (primary N) is 1. The fourth-order valence-electron chi connectivity index (χ4n) is 2.87. The molecule has 2 aromatic carbocycles. The molecule has 3 N–H and O–H groups in total. The Kier molecular flexibility index (Phi) is 3.36. The van der Waals surface area contributed by atoms with Crippen LogP contribution in [0.3, 0.4) is 0 Å². The average molecular weight is 310 g/mol. The number of nitrogens with zero attached hydrogens (tertiary/aromatic N) is 1. The number of benzene rings is 2. The number of carbonyl (C=O) groups is 1. The summed E-state index contributed by atoms with van der Waals surface area (Å²) in [6.07, 6.45) is 0.771. The van der Waals surface area contributed by atoms with Crippen molar-refractivity contribution in [2.75, 3.05) is 5.32 Å². The van der Waals surface area contributed by atoms with Crippen molar-refractivity contribution < 1.29 is 10.1 Å². The summed E-state index contributed by atoms with van der Waals surface area (Å²) in [5.41, 5.74) is 3.53. The zero-order chi connectivity index (χ0) is 14.9. The van der Waals surface area contributed by atoms with Crippen molar-refractivity contribution in [2.45, 2.75) is 19.0 Å². The van der Waals surface area contributed by atoms with E-state index in [1.54, 1.807) is 0 Å². The smallest absolute Gasteiger partial charge is 0.284 e. The van der Waals surface area contributed by atoms with E-state index in [0.717, 1.165) is 23.2 Å². The molecule has 2 heterocycles. The number of carbonyl (C=O) groups excluding carboxylic acids is 1. The van der Waals surface area contributed by atoms with Crippen LogP contribution >= 0.6 is 11.3 Å². The highest BCUT2D eigenvalue weighted by Crippen LogP contribution is 2.25. The first kappa shape index (κ1) is 13.4. The predicted octanol–water partition coefficient (Wildman–Crippen LogP) is 1.92. The number of nitrogens with one attached hydrogen (secondary N) is 1. The van der Waals surface area contributed by atoms with Crippen LogP contribution in [0.4, 0.5) is 5.13 Å². The van der Waals surface area contributed by atoms with Gasteiger partial charge in [-0.1, -0.05) is 47.7 Å². The fraction of sp³-hybridized carbons (Fsp3) is 0.176. The van der Waals surface area contributed by atoms with E-state index in [2.05, 4.69) is 27.8 Å². The van der Waals surface area contributed by atoms with Crippen LogP contribution < -0.4 is 10.6 Å². The minimum atomic E-state index is -0.0816. The van der Waals surface area contributed by atoms with Gasteiger partial charge in [0.15, 0.2) is 11.2 Å². The highest BCUT2D eigenvalue weighted by molar-refractivity contribution is 7.22. The highest BCUT2D eigenvalue weighted by Gasteiger charge is 2.28. The van der Waals surface area contributed by atoms with E-state index in [-0.39, 0.29) is 11.9 Å². The Morgan fingerprint density at radius 3 is 2.77 bits per heavy atom. The summed E-state index contributed by atoms with van der Waals surface area (Å²) in [6, 6.07) is 16.2. The van der Waals surface area contributed by atoms with Crippen molar-refractivity contribution in [1.29, 1.82) is 0 Å². The second kappa shape index (κ2) is 5.51. The molecule has 110 valence electrons. The van der Waals surface area contributed by atoms with Crippen molar-refractivity contribution in [3.05, 3.63) is 59.7 Å². The number of amides is 1. The maximum absolute atomic E-state index is 12.5. The number of aromatic nitrogens is 1. The molecule has 1 amide bonds. The number of para-hydroxylation sites is 1. The molecule has 3 aromatic rings. The molecule has 0 spiro atoms. The lowest BCUT2D eigenvalue weighted by atomic mass is 9.95. The van der Waals surface area contributed by atoms with E-state index >= 15 is 0 Å². The molecule has 0 saturated carbocycles. The number of fused-ring (bicyclic) bond motifs is 2. The van der Waals surface area contributed by atoms with Crippen LogP contribution in [0.25, 0.3) is 10.2 Å². The van der Waals surface area contributed by atoms with Crippen LogP contribution in [-0.4, -0.2) is 16.9 Å². The molecular formula is C17H16N3OS+. The Morgan fingerprint density at radius 2 is 1.91 bits per heavy atom. The van der Waals surface area contributed by atoms with E-state index in [0.29, 0.717) is 5.13 Å². The number of hydrogen-bond donors (Lipinski definition) is 2. The third-order valence-corrected chi connectivity index (χ3v) is 4.99. The monoisotopic (exact) mass is 310 g/mol. The first-order chi connectivity index (χ1) is 10.8. The third-order valence-electron chi connectivity index (χ3n) is 4.04. The summed E-state index contributed by atoms with van der Waals surface area (Å²) in [6.45, 7) is 0.855. The summed E-state index contributed by atoms with van der Waals surface area (Å²) >= 11 is 1.52. The second-order valence-electron chi connectivity index (χ2n) is 5.50. The Labute approximate surface area is 132 Å². The van der Waals surface area contributed by atoms with Crippen LogP contribution in [0.15, 0.2) is 48.5 Å². The lowest BCUT2D eigenvalue weighted by Crippen LogP contribution is -2.92. The maximum atomic E-state index is 12.5. The number of hydrogen-bond acceptors (Lipinski definition) is 3. The normalized spacial score (nSPS) is 17.2. The molecule has 5 heteroatoms. The van der Waals surface area contributed by atoms with Crippen molar-refractivity contribution in [3.63, 3.8) is 0 Å². The van der Waals surface area contributed by atoms with Gasteiger partial charge in [-0.15, -0.1) is 0 Å². The van der Waals surface area contributed by atoms with Gasteiger partial charge in [0.2, 0.25) is 0 Å². The van der Waals surface area contributed by atoms with Gasteiger partial charge in [-0.3, -0.25) is 10.1 Å². The Hall–Kier alpha value is -2.24. The van der Waals surface area contributed by atoms with E-state index in [4.69, 9.17) is 0 Å². The van der Waals surface area contributed by atoms with Crippen LogP contribution in [0.1, 0.15) is 11.1 Å². The lowest BCUT2D eigenvalue weighted by molar-refractivity contribution is -0.694. The van der Waals surface area contributed by atoms with E-state index in [9.17, 15) is 4.79 Å².